The number of hydrogen-bond acceptors (Lipinski definition) is 0. The highest BCUT2D eigenvalue weighted by Crippen LogP contribution is 2.24. The maximum absolute atomic E-state index is 13.8. The summed E-state index contributed by atoms with van der Waals surface area (Å²) in [5.74, 6) is 0.540. The van der Waals surface area contributed by atoms with Crippen LogP contribution in [0.4, 0.5) is 4.39 Å². The van der Waals surface area contributed by atoms with E-state index in [2.05, 4.69) is 0 Å². The van der Waals surface area contributed by atoms with Crippen molar-refractivity contribution in [1.82, 2.24) is 0 Å². The summed E-state index contributed by atoms with van der Waals surface area (Å²) in [5.41, 5.74) is 3.23. The third-order valence-electron chi connectivity index (χ3n) is 2.61. The van der Waals surface area contributed by atoms with Crippen LogP contribution < -0.4 is 0 Å². The van der Waals surface area contributed by atoms with Gasteiger partial charge in [0.25, 0.3) is 0 Å². The molecule has 2 aromatic rings. The van der Waals surface area contributed by atoms with Gasteiger partial charge in [-0.25, -0.2) is 4.39 Å². The van der Waals surface area contributed by atoms with E-state index < -0.39 is 0 Å². The molecule has 0 aromatic heterocycles. The minimum atomic E-state index is -0.248. The van der Waals surface area contributed by atoms with E-state index in [-0.39, 0.29) is 5.82 Å². The van der Waals surface area contributed by atoms with Gasteiger partial charge >= 0.3 is 0 Å². The number of hydrogen-bond donors (Lipinski definition) is 0. The zero-order valence-electron chi connectivity index (χ0n) is 9.09. The topological polar surface area (TPSA) is 0 Å². The van der Waals surface area contributed by atoms with E-state index in [0.29, 0.717) is 17.3 Å². The average Bonchev–Trinajstić information content (AvgIpc) is 2.39. The minimum Gasteiger partial charge on any atom is -0.206 e. The van der Waals surface area contributed by atoms with Crippen LogP contribution in [-0.4, -0.2) is 0 Å². The Hall–Kier alpha value is -1.05. The molecule has 0 unspecified atom stereocenters. The largest absolute Gasteiger partial charge is 0.206 e. The molecule has 3 heteroatoms. The fraction of sp³-hybridized carbons (Fsp3) is 0.143. The van der Waals surface area contributed by atoms with Crippen LogP contribution in [0, 0.1) is 5.82 Å². The van der Waals surface area contributed by atoms with Gasteiger partial charge in [0, 0.05) is 17.3 Å². The Labute approximate surface area is 110 Å². The molecule has 0 heterocycles. The molecule has 0 spiro atoms. The smallest absolute Gasteiger partial charge is 0.131 e. The number of benzene rings is 2. The van der Waals surface area contributed by atoms with Crippen LogP contribution in [0.25, 0.3) is 11.1 Å². The van der Waals surface area contributed by atoms with Crippen LogP contribution in [0.3, 0.4) is 0 Å². The van der Waals surface area contributed by atoms with Gasteiger partial charge in [-0.2, -0.15) is 0 Å². The van der Waals surface area contributed by atoms with Gasteiger partial charge in [-0.05, 0) is 22.8 Å². The van der Waals surface area contributed by atoms with Crippen LogP contribution in [0.5, 0.6) is 0 Å². The molecule has 0 aliphatic carbocycles. The second kappa shape index (κ2) is 5.52. The van der Waals surface area contributed by atoms with Gasteiger partial charge in [0.15, 0.2) is 0 Å². The zero-order valence-corrected chi connectivity index (χ0v) is 10.6. The predicted octanol–water partition coefficient (Wildman–Crippen LogP) is 4.97. The van der Waals surface area contributed by atoms with Crippen molar-refractivity contribution in [3.8, 4) is 11.1 Å². The van der Waals surface area contributed by atoms with Crippen molar-refractivity contribution in [2.24, 2.45) is 0 Å². The molecule has 0 nitrogen and oxygen atoms in total. The Bertz CT molecular complexity index is 506. The standard InChI is InChI=1S/C14H11Cl2F/c15-8-10-1-4-12(5-2-10)13-6-3-11(9-16)7-14(13)17/h1-7H,8-9H2. The highest BCUT2D eigenvalue weighted by molar-refractivity contribution is 6.17. The third-order valence-corrected chi connectivity index (χ3v) is 3.22. The van der Waals surface area contributed by atoms with Crippen molar-refractivity contribution in [2.45, 2.75) is 11.8 Å². The highest BCUT2D eigenvalue weighted by atomic mass is 35.5. The lowest BCUT2D eigenvalue weighted by Crippen LogP contribution is -1.88. The summed E-state index contributed by atoms with van der Waals surface area (Å²) < 4.78 is 13.8. The van der Waals surface area contributed by atoms with Gasteiger partial charge < -0.3 is 0 Å². The second-order valence-electron chi connectivity index (χ2n) is 3.78. The van der Waals surface area contributed by atoms with Gasteiger partial charge in [0.1, 0.15) is 5.82 Å². The van der Waals surface area contributed by atoms with E-state index in [1.807, 2.05) is 30.3 Å². The summed E-state index contributed by atoms with van der Waals surface area (Å²) in [6.45, 7) is 0. The van der Waals surface area contributed by atoms with Crippen LogP contribution in [0.1, 0.15) is 11.1 Å². The fourth-order valence-electron chi connectivity index (χ4n) is 1.65. The minimum absolute atomic E-state index is 0.248. The SMILES string of the molecule is Fc1cc(CCl)ccc1-c1ccc(CCl)cc1. The molecule has 0 amide bonds. The van der Waals surface area contributed by atoms with E-state index >= 15 is 0 Å². The molecule has 17 heavy (non-hydrogen) atoms. The lowest BCUT2D eigenvalue weighted by molar-refractivity contribution is 0.630. The van der Waals surface area contributed by atoms with Crippen LogP contribution >= 0.6 is 23.2 Å². The van der Waals surface area contributed by atoms with Gasteiger partial charge in [0.2, 0.25) is 0 Å². The Morgan fingerprint density at radius 2 is 1.41 bits per heavy atom. The van der Waals surface area contributed by atoms with Crippen molar-refractivity contribution in [1.29, 1.82) is 0 Å². The molecule has 0 atom stereocenters. The number of halogens is 3. The molecule has 88 valence electrons. The maximum atomic E-state index is 13.8. The molecular weight excluding hydrogens is 258 g/mol. The summed E-state index contributed by atoms with van der Waals surface area (Å²) in [6.07, 6.45) is 0. The first-order valence-electron chi connectivity index (χ1n) is 5.24. The third kappa shape index (κ3) is 2.80. The molecule has 2 rings (SSSR count). The fourth-order valence-corrected chi connectivity index (χ4v) is 1.99. The summed E-state index contributed by atoms with van der Waals surface area (Å²) >= 11 is 11.4. The zero-order chi connectivity index (χ0) is 12.3. The van der Waals surface area contributed by atoms with Crippen molar-refractivity contribution < 1.29 is 4.39 Å². The van der Waals surface area contributed by atoms with Crippen molar-refractivity contribution in [3.05, 3.63) is 59.4 Å². The molecule has 0 radical (unpaired) electrons. The number of alkyl halides is 2. The molecular formula is C14H11Cl2F. The second-order valence-corrected chi connectivity index (χ2v) is 4.31. The summed E-state index contributed by atoms with van der Waals surface area (Å²) in [5, 5.41) is 0. The predicted molar refractivity (Wildman–Crippen MR) is 71.0 cm³/mol. The summed E-state index contributed by atoms with van der Waals surface area (Å²) in [7, 11) is 0. The van der Waals surface area contributed by atoms with Crippen LogP contribution in [0.2, 0.25) is 0 Å². The highest BCUT2D eigenvalue weighted by Gasteiger charge is 2.05. The molecule has 2 aromatic carbocycles. The molecule has 0 bridgehead atoms. The van der Waals surface area contributed by atoms with Crippen LogP contribution in [-0.2, 0) is 11.8 Å². The lowest BCUT2D eigenvalue weighted by Gasteiger charge is -2.05. The molecule has 0 aliphatic rings. The number of rotatable bonds is 3. The normalized spacial score (nSPS) is 10.5. The van der Waals surface area contributed by atoms with E-state index in [9.17, 15) is 4.39 Å². The Kier molecular flexibility index (Phi) is 4.03. The molecule has 0 saturated heterocycles. The lowest BCUT2D eigenvalue weighted by atomic mass is 10.0. The Balaban J connectivity index is 2.38. The van der Waals surface area contributed by atoms with Crippen LogP contribution in [0.15, 0.2) is 42.5 Å². The maximum Gasteiger partial charge on any atom is 0.131 e. The monoisotopic (exact) mass is 268 g/mol. The molecule has 0 aliphatic heterocycles. The van der Waals surface area contributed by atoms with Gasteiger partial charge in [-0.1, -0.05) is 36.4 Å². The first-order valence-corrected chi connectivity index (χ1v) is 6.31. The molecule has 0 saturated carbocycles. The summed E-state index contributed by atoms with van der Waals surface area (Å²) in [6, 6.07) is 12.6. The molecule has 0 fully saturated rings. The first-order chi connectivity index (χ1) is 8.24. The van der Waals surface area contributed by atoms with Gasteiger partial charge in [0.05, 0.1) is 0 Å². The van der Waals surface area contributed by atoms with E-state index in [1.165, 1.54) is 6.07 Å². The Morgan fingerprint density at radius 1 is 0.824 bits per heavy atom. The molecule has 0 N–H and O–H groups in total. The van der Waals surface area contributed by atoms with E-state index in [4.69, 9.17) is 23.2 Å². The first kappa shape index (κ1) is 12.4. The van der Waals surface area contributed by atoms with E-state index in [0.717, 1.165) is 16.7 Å². The summed E-state index contributed by atoms with van der Waals surface area (Å²) in [4.78, 5) is 0. The van der Waals surface area contributed by atoms with Gasteiger partial charge in [-0.15, -0.1) is 23.2 Å². The van der Waals surface area contributed by atoms with Crippen molar-refractivity contribution >= 4 is 23.2 Å². The van der Waals surface area contributed by atoms with Crippen molar-refractivity contribution in [3.63, 3.8) is 0 Å². The van der Waals surface area contributed by atoms with Gasteiger partial charge in [-0.3, -0.25) is 0 Å². The quantitative estimate of drug-likeness (QED) is 0.690. The Morgan fingerprint density at radius 3 is 1.94 bits per heavy atom. The van der Waals surface area contributed by atoms with E-state index in [1.54, 1.807) is 6.07 Å². The average molecular weight is 269 g/mol. The van der Waals surface area contributed by atoms with Crippen molar-refractivity contribution in [2.75, 3.05) is 0 Å².